The summed E-state index contributed by atoms with van der Waals surface area (Å²) in [6.45, 7) is 6.79. The van der Waals surface area contributed by atoms with Gasteiger partial charge in [-0.05, 0) is 55.4 Å². The van der Waals surface area contributed by atoms with Crippen LogP contribution in [-0.4, -0.2) is 37.8 Å². The Bertz CT molecular complexity index is 714. The SMILES string of the molecule is CCN(CC)S(=O)(=O)c1ccc(/C=C/C(=O)NC2CCC(C)CC2)cc1. The maximum absolute atomic E-state index is 12.5. The van der Waals surface area contributed by atoms with E-state index < -0.39 is 10.0 Å². The molecule has 0 bridgehead atoms. The van der Waals surface area contributed by atoms with Crippen molar-refractivity contribution in [3.05, 3.63) is 35.9 Å². The molecule has 1 N–H and O–H groups in total. The van der Waals surface area contributed by atoms with Crippen molar-refractivity contribution >= 4 is 22.0 Å². The summed E-state index contributed by atoms with van der Waals surface area (Å²) >= 11 is 0. The highest BCUT2D eigenvalue weighted by molar-refractivity contribution is 7.89. The molecule has 5 nitrogen and oxygen atoms in total. The Kier molecular flexibility index (Phi) is 7.41. The summed E-state index contributed by atoms with van der Waals surface area (Å²) in [6, 6.07) is 6.90. The normalized spacial score (nSPS) is 21.2. The monoisotopic (exact) mass is 378 g/mol. The van der Waals surface area contributed by atoms with Crippen LogP contribution in [0.1, 0.15) is 52.0 Å². The number of hydrogen-bond acceptors (Lipinski definition) is 3. The molecule has 1 aliphatic carbocycles. The first-order chi connectivity index (χ1) is 12.4. The fourth-order valence-corrected chi connectivity index (χ4v) is 4.75. The smallest absolute Gasteiger partial charge is 0.244 e. The van der Waals surface area contributed by atoms with Crippen LogP contribution in [0.5, 0.6) is 0 Å². The molecular weight excluding hydrogens is 348 g/mol. The van der Waals surface area contributed by atoms with Crippen LogP contribution in [0, 0.1) is 5.92 Å². The highest BCUT2D eigenvalue weighted by Crippen LogP contribution is 2.23. The van der Waals surface area contributed by atoms with E-state index in [4.69, 9.17) is 0 Å². The van der Waals surface area contributed by atoms with Gasteiger partial charge in [-0.25, -0.2) is 8.42 Å². The first-order valence-electron chi connectivity index (χ1n) is 9.45. The number of rotatable bonds is 7. The van der Waals surface area contributed by atoms with Crippen LogP contribution < -0.4 is 5.32 Å². The van der Waals surface area contributed by atoms with Crippen LogP contribution in [0.25, 0.3) is 6.08 Å². The van der Waals surface area contributed by atoms with Crippen molar-refractivity contribution in [1.82, 2.24) is 9.62 Å². The number of carbonyl (C=O) groups excluding carboxylic acids is 1. The van der Waals surface area contributed by atoms with Gasteiger partial charge in [0.15, 0.2) is 0 Å². The van der Waals surface area contributed by atoms with Gasteiger partial charge in [0.2, 0.25) is 15.9 Å². The second-order valence-electron chi connectivity index (χ2n) is 6.96. The summed E-state index contributed by atoms with van der Waals surface area (Å²) in [4.78, 5) is 12.3. The summed E-state index contributed by atoms with van der Waals surface area (Å²) < 4.78 is 26.3. The predicted molar refractivity (Wildman–Crippen MR) is 105 cm³/mol. The lowest BCUT2D eigenvalue weighted by molar-refractivity contribution is -0.117. The van der Waals surface area contributed by atoms with Crippen molar-refractivity contribution < 1.29 is 13.2 Å². The molecule has 1 amide bonds. The molecule has 2 rings (SSSR count). The molecule has 1 saturated carbocycles. The number of carbonyl (C=O) groups is 1. The number of nitrogens with zero attached hydrogens (tertiary/aromatic N) is 1. The van der Waals surface area contributed by atoms with Crippen LogP contribution in [0.3, 0.4) is 0 Å². The van der Waals surface area contributed by atoms with Crippen LogP contribution in [0.4, 0.5) is 0 Å². The van der Waals surface area contributed by atoms with Gasteiger partial charge in [-0.2, -0.15) is 4.31 Å². The molecule has 0 saturated heterocycles. The van der Waals surface area contributed by atoms with Crippen molar-refractivity contribution in [3.8, 4) is 0 Å². The van der Waals surface area contributed by atoms with Crippen molar-refractivity contribution in [1.29, 1.82) is 0 Å². The maximum atomic E-state index is 12.5. The van der Waals surface area contributed by atoms with Gasteiger partial charge in [0, 0.05) is 25.2 Å². The summed E-state index contributed by atoms with van der Waals surface area (Å²) in [5, 5.41) is 3.05. The summed E-state index contributed by atoms with van der Waals surface area (Å²) in [5.74, 6) is 0.661. The lowest BCUT2D eigenvalue weighted by atomic mass is 9.87. The lowest BCUT2D eigenvalue weighted by Gasteiger charge is -2.26. The number of benzene rings is 1. The molecule has 0 spiro atoms. The Labute approximate surface area is 157 Å². The molecule has 0 radical (unpaired) electrons. The van der Waals surface area contributed by atoms with Crippen molar-refractivity contribution in [2.24, 2.45) is 5.92 Å². The van der Waals surface area contributed by atoms with E-state index in [2.05, 4.69) is 12.2 Å². The molecule has 1 aliphatic rings. The van der Waals surface area contributed by atoms with E-state index in [9.17, 15) is 13.2 Å². The second kappa shape index (κ2) is 9.33. The number of nitrogens with one attached hydrogen (secondary N) is 1. The fourth-order valence-electron chi connectivity index (χ4n) is 3.29. The highest BCUT2D eigenvalue weighted by atomic mass is 32.2. The van der Waals surface area contributed by atoms with E-state index in [1.807, 2.05) is 13.8 Å². The average Bonchev–Trinajstić information content (AvgIpc) is 2.63. The number of hydrogen-bond donors (Lipinski definition) is 1. The van der Waals surface area contributed by atoms with Gasteiger partial charge in [-0.15, -0.1) is 0 Å². The van der Waals surface area contributed by atoms with E-state index in [0.717, 1.165) is 37.2 Å². The lowest BCUT2D eigenvalue weighted by Crippen LogP contribution is -2.36. The maximum Gasteiger partial charge on any atom is 0.244 e. The minimum absolute atomic E-state index is 0.0932. The standard InChI is InChI=1S/C20H30N2O3S/c1-4-22(5-2)26(24,25)19-13-8-17(9-14-19)10-15-20(23)21-18-11-6-16(3)7-12-18/h8-10,13-16,18H,4-7,11-12H2,1-3H3,(H,21,23)/b15-10+. The van der Waals surface area contributed by atoms with Gasteiger partial charge in [0.25, 0.3) is 0 Å². The fraction of sp³-hybridized carbons (Fsp3) is 0.550. The summed E-state index contributed by atoms with van der Waals surface area (Å²) in [7, 11) is -3.44. The zero-order valence-electron chi connectivity index (χ0n) is 15.9. The molecule has 26 heavy (non-hydrogen) atoms. The van der Waals surface area contributed by atoms with Crippen LogP contribution in [0.2, 0.25) is 0 Å². The molecule has 1 aromatic carbocycles. The molecule has 144 valence electrons. The molecule has 0 aromatic heterocycles. The van der Waals surface area contributed by atoms with Gasteiger partial charge in [-0.1, -0.05) is 32.9 Å². The Morgan fingerprint density at radius 2 is 1.69 bits per heavy atom. The quantitative estimate of drug-likeness (QED) is 0.739. The Morgan fingerprint density at radius 3 is 2.23 bits per heavy atom. The van der Waals surface area contributed by atoms with E-state index in [-0.39, 0.29) is 16.8 Å². The number of sulfonamides is 1. The van der Waals surface area contributed by atoms with Crippen LogP contribution in [0.15, 0.2) is 35.2 Å². The molecule has 1 fully saturated rings. The number of amides is 1. The molecular formula is C20H30N2O3S. The third kappa shape index (κ3) is 5.42. The second-order valence-corrected chi connectivity index (χ2v) is 8.90. The van der Waals surface area contributed by atoms with Crippen molar-refractivity contribution in [2.45, 2.75) is 57.4 Å². The van der Waals surface area contributed by atoms with Gasteiger partial charge in [-0.3, -0.25) is 4.79 Å². The zero-order valence-corrected chi connectivity index (χ0v) is 16.8. The Morgan fingerprint density at radius 1 is 1.12 bits per heavy atom. The van der Waals surface area contributed by atoms with Gasteiger partial charge in [0.05, 0.1) is 4.90 Å². The van der Waals surface area contributed by atoms with Crippen LogP contribution in [-0.2, 0) is 14.8 Å². The molecule has 0 atom stereocenters. The van der Waals surface area contributed by atoms with Gasteiger partial charge < -0.3 is 5.32 Å². The molecule has 0 unspecified atom stereocenters. The highest BCUT2D eigenvalue weighted by Gasteiger charge is 2.21. The molecule has 0 heterocycles. The molecule has 6 heteroatoms. The Hall–Kier alpha value is -1.66. The first-order valence-corrected chi connectivity index (χ1v) is 10.9. The molecule has 1 aromatic rings. The third-order valence-electron chi connectivity index (χ3n) is 5.01. The zero-order chi connectivity index (χ0) is 19.2. The van der Waals surface area contributed by atoms with E-state index in [1.165, 1.54) is 10.4 Å². The van der Waals surface area contributed by atoms with Gasteiger partial charge in [0.1, 0.15) is 0 Å². The van der Waals surface area contributed by atoms with Crippen molar-refractivity contribution in [3.63, 3.8) is 0 Å². The van der Waals surface area contributed by atoms with E-state index in [0.29, 0.717) is 13.1 Å². The largest absolute Gasteiger partial charge is 0.350 e. The predicted octanol–water partition coefficient (Wildman–Crippen LogP) is 3.43. The summed E-state index contributed by atoms with van der Waals surface area (Å²) in [6.07, 6.45) is 7.64. The Balaban J connectivity index is 1.96. The van der Waals surface area contributed by atoms with Gasteiger partial charge >= 0.3 is 0 Å². The topological polar surface area (TPSA) is 66.5 Å². The van der Waals surface area contributed by atoms with E-state index in [1.54, 1.807) is 30.3 Å². The van der Waals surface area contributed by atoms with Crippen LogP contribution >= 0.6 is 0 Å². The molecule has 0 aliphatic heterocycles. The third-order valence-corrected chi connectivity index (χ3v) is 7.08. The van der Waals surface area contributed by atoms with Crippen molar-refractivity contribution in [2.75, 3.05) is 13.1 Å². The van der Waals surface area contributed by atoms with E-state index >= 15 is 0 Å². The first kappa shape index (κ1) is 20.6. The summed E-state index contributed by atoms with van der Waals surface area (Å²) in [5.41, 5.74) is 0.802. The minimum atomic E-state index is -3.44. The minimum Gasteiger partial charge on any atom is -0.350 e. The average molecular weight is 379 g/mol.